The third kappa shape index (κ3) is 2.80. The smallest absolute Gasteiger partial charge is 0.244 e. The molecule has 1 saturated carbocycles. The van der Waals surface area contributed by atoms with Crippen LogP contribution in [0, 0.1) is 0 Å². The largest absolute Gasteiger partial charge is 0.380 e. The summed E-state index contributed by atoms with van der Waals surface area (Å²) in [5.41, 5.74) is 2.09. The molecule has 1 aliphatic heterocycles. The number of nitrogens with one attached hydrogen (secondary N) is 1. The average Bonchev–Trinajstić information content (AvgIpc) is 3.15. The van der Waals surface area contributed by atoms with Gasteiger partial charge in [-0.1, -0.05) is 12.1 Å². The predicted molar refractivity (Wildman–Crippen MR) is 74.1 cm³/mol. The van der Waals surface area contributed by atoms with Crippen molar-refractivity contribution in [2.24, 2.45) is 0 Å². The Kier molecular flexibility index (Phi) is 3.53. The van der Waals surface area contributed by atoms with Gasteiger partial charge in [-0.25, -0.2) is 0 Å². The normalized spacial score (nSPS) is 23.1. The second-order valence-corrected chi connectivity index (χ2v) is 5.37. The number of carbonyl (C=O) groups excluding carboxylic acids is 1. The topological polar surface area (TPSA) is 41.6 Å². The molecule has 102 valence electrons. The van der Waals surface area contributed by atoms with Gasteiger partial charge in [0.15, 0.2) is 0 Å². The van der Waals surface area contributed by atoms with Crippen LogP contribution in [0.25, 0.3) is 0 Å². The van der Waals surface area contributed by atoms with Gasteiger partial charge < -0.3 is 15.0 Å². The first-order chi connectivity index (χ1) is 9.28. The van der Waals surface area contributed by atoms with Crippen molar-refractivity contribution in [3.8, 4) is 0 Å². The van der Waals surface area contributed by atoms with E-state index in [1.165, 1.54) is 12.8 Å². The fraction of sp³-hybridized carbons (Fsp3) is 0.533. The van der Waals surface area contributed by atoms with Gasteiger partial charge in [-0.15, -0.1) is 0 Å². The number of amides is 1. The Balaban J connectivity index is 1.71. The Bertz CT molecular complexity index is 471. The molecule has 1 aliphatic carbocycles. The molecule has 2 aliphatic rings. The van der Waals surface area contributed by atoms with E-state index in [-0.39, 0.29) is 11.9 Å². The zero-order valence-electron chi connectivity index (χ0n) is 11.3. The van der Waals surface area contributed by atoms with Crippen LogP contribution in [0.2, 0.25) is 0 Å². The maximum atomic E-state index is 12.4. The van der Waals surface area contributed by atoms with E-state index in [2.05, 4.69) is 5.32 Å². The molecule has 1 aromatic carbocycles. The molecule has 2 fully saturated rings. The summed E-state index contributed by atoms with van der Waals surface area (Å²) in [6.45, 7) is 1.39. The highest BCUT2D eigenvalue weighted by Crippen LogP contribution is 2.26. The van der Waals surface area contributed by atoms with Crippen molar-refractivity contribution in [2.75, 3.05) is 18.6 Å². The van der Waals surface area contributed by atoms with E-state index in [1.807, 2.05) is 29.2 Å². The summed E-state index contributed by atoms with van der Waals surface area (Å²) in [6, 6.07) is 8.64. The molecule has 19 heavy (non-hydrogen) atoms. The first kappa shape index (κ1) is 12.6. The SMILES string of the molecule is COCc1cccc(N2CCC(NC3CC3)C2=O)c1. The van der Waals surface area contributed by atoms with Crippen LogP contribution in [0.1, 0.15) is 24.8 Å². The quantitative estimate of drug-likeness (QED) is 0.876. The lowest BCUT2D eigenvalue weighted by Crippen LogP contribution is -2.39. The zero-order chi connectivity index (χ0) is 13.2. The number of methoxy groups -OCH3 is 1. The monoisotopic (exact) mass is 260 g/mol. The molecule has 1 heterocycles. The maximum absolute atomic E-state index is 12.4. The number of carbonyl (C=O) groups is 1. The lowest BCUT2D eigenvalue weighted by molar-refractivity contribution is -0.118. The summed E-state index contributed by atoms with van der Waals surface area (Å²) >= 11 is 0. The molecule has 0 radical (unpaired) electrons. The minimum Gasteiger partial charge on any atom is -0.380 e. The number of ether oxygens (including phenoxy) is 1. The van der Waals surface area contributed by atoms with Crippen molar-refractivity contribution in [1.29, 1.82) is 0 Å². The second-order valence-electron chi connectivity index (χ2n) is 5.37. The van der Waals surface area contributed by atoms with Gasteiger partial charge in [0.1, 0.15) is 0 Å². The van der Waals surface area contributed by atoms with Crippen LogP contribution in [0.4, 0.5) is 5.69 Å². The van der Waals surface area contributed by atoms with Gasteiger partial charge in [0.2, 0.25) is 5.91 Å². The van der Waals surface area contributed by atoms with Gasteiger partial charge in [0.25, 0.3) is 0 Å². The van der Waals surface area contributed by atoms with E-state index in [4.69, 9.17) is 4.74 Å². The summed E-state index contributed by atoms with van der Waals surface area (Å²) in [5, 5.41) is 3.43. The van der Waals surface area contributed by atoms with E-state index < -0.39 is 0 Å². The van der Waals surface area contributed by atoms with Gasteiger partial charge in [0, 0.05) is 25.4 Å². The van der Waals surface area contributed by atoms with E-state index >= 15 is 0 Å². The van der Waals surface area contributed by atoms with Gasteiger partial charge in [-0.05, 0) is 37.0 Å². The minimum absolute atomic E-state index is 0.0126. The first-order valence-corrected chi connectivity index (χ1v) is 6.93. The van der Waals surface area contributed by atoms with Crippen LogP contribution < -0.4 is 10.2 Å². The van der Waals surface area contributed by atoms with Gasteiger partial charge in [-0.2, -0.15) is 0 Å². The van der Waals surface area contributed by atoms with Crippen LogP contribution in [0.5, 0.6) is 0 Å². The molecule has 4 nitrogen and oxygen atoms in total. The van der Waals surface area contributed by atoms with Crippen LogP contribution in [0.15, 0.2) is 24.3 Å². The fourth-order valence-electron chi connectivity index (χ4n) is 2.61. The Hall–Kier alpha value is -1.39. The highest BCUT2D eigenvalue weighted by atomic mass is 16.5. The average molecular weight is 260 g/mol. The van der Waals surface area contributed by atoms with Crippen molar-refractivity contribution in [1.82, 2.24) is 5.32 Å². The van der Waals surface area contributed by atoms with E-state index in [0.29, 0.717) is 12.6 Å². The molecular formula is C15H20N2O2. The summed E-state index contributed by atoms with van der Waals surface area (Å²) < 4.78 is 5.14. The lowest BCUT2D eigenvalue weighted by atomic mass is 10.2. The first-order valence-electron chi connectivity index (χ1n) is 6.93. The van der Waals surface area contributed by atoms with Crippen LogP contribution in [-0.4, -0.2) is 31.6 Å². The van der Waals surface area contributed by atoms with Crippen LogP contribution >= 0.6 is 0 Å². The molecule has 0 bridgehead atoms. The number of hydrogen-bond acceptors (Lipinski definition) is 3. The molecule has 1 saturated heterocycles. The van der Waals surface area contributed by atoms with E-state index in [9.17, 15) is 4.79 Å². The number of benzene rings is 1. The molecule has 1 atom stereocenters. The highest BCUT2D eigenvalue weighted by Gasteiger charge is 2.36. The second kappa shape index (κ2) is 5.31. The lowest BCUT2D eigenvalue weighted by Gasteiger charge is -2.18. The Morgan fingerprint density at radius 2 is 2.21 bits per heavy atom. The zero-order valence-corrected chi connectivity index (χ0v) is 11.3. The number of hydrogen-bond donors (Lipinski definition) is 1. The molecule has 0 aromatic heterocycles. The molecule has 1 unspecified atom stereocenters. The third-order valence-corrected chi connectivity index (χ3v) is 3.75. The Morgan fingerprint density at radius 3 is 2.95 bits per heavy atom. The van der Waals surface area contributed by atoms with Crippen LogP contribution in [-0.2, 0) is 16.1 Å². The summed E-state index contributed by atoms with van der Waals surface area (Å²) in [7, 11) is 1.68. The standard InChI is InChI=1S/C15H20N2O2/c1-19-10-11-3-2-4-13(9-11)17-8-7-14(15(17)18)16-12-5-6-12/h2-4,9,12,14,16H,5-8,10H2,1H3. The van der Waals surface area contributed by atoms with Gasteiger partial charge in [-0.3, -0.25) is 4.79 Å². The maximum Gasteiger partial charge on any atom is 0.244 e. The molecule has 4 heteroatoms. The third-order valence-electron chi connectivity index (χ3n) is 3.75. The number of nitrogens with zero attached hydrogens (tertiary/aromatic N) is 1. The Labute approximate surface area is 113 Å². The van der Waals surface area contributed by atoms with Crippen LogP contribution in [0.3, 0.4) is 0 Å². The van der Waals surface area contributed by atoms with Crippen molar-refractivity contribution < 1.29 is 9.53 Å². The molecule has 1 amide bonds. The molecule has 3 rings (SSSR count). The number of rotatable bonds is 5. The molecule has 1 aromatic rings. The Morgan fingerprint density at radius 1 is 1.37 bits per heavy atom. The summed E-state index contributed by atoms with van der Waals surface area (Å²) in [6.07, 6.45) is 3.34. The minimum atomic E-state index is 0.0126. The predicted octanol–water partition coefficient (Wildman–Crippen LogP) is 1.69. The van der Waals surface area contributed by atoms with Crippen molar-refractivity contribution in [3.63, 3.8) is 0 Å². The number of anilines is 1. The fourth-order valence-corrected chi connectivity index (χ4v) is 2.61. The highest BCUT2D eigenvalue weighted by molar-refractivity contribution is 5.99. The van der Waals surface area contributed by atoms with E-state index in [1.54, 1.807) is 7.11 Å². The van der Waals surface area contributed by atoms with Gasteiger partial charge in [0.05, 0.1) is 12.6 Å². The van der Waals surface area contributed by atoms with Crippen molar-refractivity contribution in [3.05, 3.63) is 29.8 Å². The molecular weight excluding hydrogens is 240 g/mol. The summed E-state index contributed by atoms with van der Waals surface area (Å²) in [5.74, 6) is 0.210. The van der Waals surface area contributed by atoms with Crippen molar-refractivity contribution >= 4 is 11.6 Å². The van der Waals surface area contributed by atoms with E-state index in [0.717, 1.165) is 24.2 Å². The van der Waals surface area contributed by atoms with Gasteiger partial charge >= 0.3 is 0 Å². The molecule has 1 N–H and O–H groups in total. The summed E-state index contributed by atoms with van der Waals surface area (Å²) in [4.78, 5) is 14.3. The molecule has 0 spiro atoms. The van der Waals surface area contributed by atoms with Crippen molar-refractivity contribution in [2.45, 2.75) is 38.0 Å².